The van der Waals surface area contributed by atoms with E-state index in [1.807, 2.05) is 26.0 Å². The van der Waals surface area contributed by atoms with E-state index in [-0.39, 0.29) is 17.7 Å². The van der Waals surface area contributed by atoms with E-state index in [2.05, 4.69) is 10.3 Å². The Balaban J connectivity index is 2.30. The molecule has 1 atom stereocenters. The zero-order valence-electron chi connectivity index (χ0n) is 9.36. The van der Waals surface area contributed by atoms with Crippen LogP contribution in [0, 0.1) is 5.41 Å². The van der Waals surface area contributed by atoms with Crippen molar-refractivity contribution in [1.29, 1.82) is 0 Å². The van der Waals surface area contributed by atoms with Crippen molar-refractivity contribution < 1.29 is 9.59 Å². The number of aromatic nitrogens is 1. The average Bonchev–Trinajstić information content (AvgIpc) is 2.25. The fraction of sp³-hybridized carbons (Fsp3) is 0.417. The molecule has 1 fully saturated rings. The van der Waals surface area contributed by atoms with E-state index in [0.29, 0.717) is 6.42 Å². The Morgan fingerprint density at radius 1 is 1.38 bits per heavy atom. The maximum Gasteiger partial charge on any atom is 0.235 e. The second-order valence-electron chi connectivity index (χ2n) is 4.71. The number of imide groups is 1. The summed E-state index contributed by atoms with van der Waals surface area (Å²) in [5, 5.41) is 2.40. The van der Waals surface area contributed by atoms with Crippen molar-refractivity contribution in [3.05, 3.63) is 30.1 Å². The van der Waals surface area contributed by atoms with E-state index in [0.717, 1.165) is 5.69 Å². The molecule has 1 aliphatic heterocycles. The number of hydrogen-bond donors (Lipinski definition) is 1. The first kappa shape index (κ1) is 10.8. The number of carbonyl (C=O) groups excluding carboxylic acids is 2. The molecule has 1 saturated heterocycles. The van der Waals surface area contributed by atoms with Crippen LogP contribution in [0.4, 0.5) is 0 Å². The Morgan fingerprint density at radius 3 is 2.75 bits per heavy atom. The summed E-state index contributed by atoms with van der Waals surface area (Å²) in [4.78, 5) is 27.4. The number of carbonyl (C=O) groups is 2. The Bertz CT molecular complexity index is 426. The Kier molecular flexibility index (Phi) is 2.50. The molecule has 1 aliphatic rings. The largest absolute Gasteiger partial charge is 0.295 e. The lowest BCUT2D eigenvalue weighted by atomic mass is 9.77. The highest BCUT2D eigenvalue weighted by Gasteiger charge is 2.41. The van der Waals surface area contributed by atoms with E-state index in [4.69, 9.17) is 0 Å². The van der Waals surface area contributed by atoms with Crippen LogP contribution in [-0.2, 0) is 9.59 Å². The van der Waals surface area contributed by atoms with E-state index in [1.165, 1.54) is 0 Å². The second-order valence-corrected chi connectivity index (χ2v) is 4.71. The first-order chi connectivity index (χ1) is 7.50. The monoisotopic (exact) mass is 218 g/mol. The fourth-order valence-electron chi connectivity index (χ4n) is 1.88. The minimum absolute atomic E-state index is 0.204. The number of piperidine rings is 1. The molecular weight excluding hydrogens is 204 g/mol. The van der Waals surface area contributed by atoms with Gasteiger partial charge in [-0.1, -0.05) is 19.9 Å². The molecule has 84 valence electrons. The van der Waals surface area contributed by atoms with Crippen LogP contribution < -0.4 is 5.32 Å². The van der Waals surface area contributed by atoms with Crippen molar-refractivity contribution >= 4 is 11.8 Å². The lowest BCUT2D eigenvalue weighted by molar-refractivity contribution is -0.141. The standard InChI is InChI=1S/C12H14N2O2/c1-12(2)7-8(10(15)14-11(12)16)9-5-3-4-6-13-9/h3-6,8H,7H2,1-2H3,(H,14,15,16). The van der Waals surface area contributed by atoms with Gasteiger partial charge in [-0.15, -0.1) is 0 Å². The Hall–Kier alpha value is -1.71. The van der Waals surface area contributed by atoms with Gasteiger partial charge in [0.25, 0.3) is 0 Å². The van der Waals surface area contributed by atoms with Gasteiger partial charge in [-0.05, 0) is 18.6 Å². The normalized spacial score (nSPS) is 24.0. The highest BCUT2D eigenvalue weighted by atomic mass is 16.2. The molecule has 0 bridgehead atoms. The molecule has 4 heteroatoms. The van der Waals surface area contributed by atoms with Crippen LogP contribution in [0.2, 0.25) is 0 Å². The molecule has 0 saturated carbocycles. The lowest BCUT2D eigenvalue weighted by Gasteiger charge is -2.32. The van der Waals surface area contributed by atoms with Crippen molar-refractivity contribution in [3.8, 4) is 0 Å². The van der Waals surface area contributed by atoms with Gasteiger partial charge in [-0.25, -0.2) is 0 Å². The summed E-state index contributed by atoms with van der Waals surface area (Å²) >= 11 is 0. The topological polar surface area (TPSA) is 59.1 Å². The number of hydrogen-bond acceptors (Lipinski definition) is 3. The van der Waals surface area contributed by atoms with Crippen LogP contribution in [0.25, 0.3) is 0 Å². The Morgan fingerprint density at radius 2 is 2.12 bits per heavy atom. The molecule has 0 radical (unpaired) electrons. The zero-order chi connectivity index (χ0) is 11.8. The van der Waals surface area contributed by atoms with Gasteiger partial charge in [0.1, 0.15) is 0 Å². The summed E-state index contributed by atoms with van der Waals surface area (Å²) in [7, 11) is 0. The van der Waals surface area contributed by atoms with Crippen LogP contribution in [0.3, 0.4) is 0 Å². The van der Waals surface area contributed by atoms with Crippen molar-refractivity contribution in [2.24, 2.45) is 5.41 Å². The maximum atomic E-state index is 11.7. The molecule has 1 unspecified atom stereocenters. The van der Waals surface area contributed by atoms with E-state index in [1.54, 1.807) is 12.3 Å². The first-order valence-corrected chi connectivity index (χ1v) is 5.27. The third kappa shape index (κ3) is 1.83. The molecule has 2 heterocycles. The third-order valence-corrected chi connectivity index (χ3v) is 2.93. The predicted octanol–water partition coefficient (Wildman–Crippen LogP) is 1.24. The number of amides is 2. The zero-order valence-corrected chi connectivity index (χ0v) is 9.36. The minimum atomic E-state index is -0.518. The Labute approximate surface area is 94.1 Å². The van der Waals surface area contributed by atoms with Gasteiger partial charge >= 0.3 is 0 Å². The summed E-state index contributed by atoms with van der Waals surface area (Å²) in [6.45, 7) is 3.68. The average molecular weight is 218 g/mol. The first-order valence-electron chi connectivity index (χ1n) is 5.27. The van der Waals surface area contributed by atoms with Crippen LogP contribution in [0.5, 0.6) is 0 Å². The molecule has 4 nitrogen and oxygen atoms in total. The van der Waals surface area contributed by atoms with Gasteiger partial charge in [0, 0.05) is 11.6 Å². The molecular formula is C12H14N2O2. The van der Waals surface area contributed by atoms with Gasteiger partial charge < -0.3 is 0 Å². The molecule has 1 N–H and O–H groups in total. The SMILES string of the molecule is CC1(C)CC(c2ccccn2)C(=O)NC1=O. The van der Waals surface area contributed by atoms with Crippen LogP contribution in [0.15, 0.2) is 24.4 Å². The molecule has 0 aliphatic carbocycles. The van der Waals surface area contributed by atoms with E-state index in [9.17, 15) is 9.59 Å². The quantitative estimate of drug-likeness (QED) is 0.721. The van der Waals surface area contributed by atoms with Crippen molar-refractivity contribution in [2.45, 2.75) is 26.2 Å². The molecule has 2 rings (SSSR count). The summed E-state index contributed by atoms with van der Waals surface area (Å²) in [6, 6.07) is 5.47. The minimum Gasteiger partial charge on any atom is -0.295 e. The van der Waals surface area contributed by atoms with E-state index < -0.39 is 5.41 Å². The molecule has 0 spiro atoms. The highest BCUT2D eigenvalue weighted by Crippen LogP contribution is 2.34. The van der Waals surface area contributed by atoms with Crippen LogP contribution in [-0.4, -0.2) is 16.8 Å². The molecule has 0 aromatic carbocycles. The summed E-state index contributed by atoms with van der Waals surface area (Å²) in [6.07, 6.45) is 2.17. The molecule has 1 aromatic heterocycles. The highest BCUT2D eigenvalue weighted by molar-refractivity contribution is 6.03. The van der Waals surface area contributed by atoms with Crippen molar-refractivity contribution in [1.82, 2.24) is 10.3 Å². The second kappa shape index (κ2) is 3.70. The third-order valence-electron chi connectivity index (χ3n) is 2.93. The van der Waals surface area contributed by atoms with Gasteiger partial charge in [0.15, 0.2) is 0 Å². The van der Waals surface area contributed by atoms with Crippen LogP contribution in [0.1, 0.15) is 31.9 Å². The lowest BCUT2D eigenvalue weighted by Crippen LogP contribution is -2.49. The van der Waals surface area contributed by atoms with Crippen molar-refractivity contribution in [3.63, 3.8) is 0 Å². The summed E-state index contributed by atoms with van der Waals surface area (Å²) < 4.78 is 0. The fourth-order valence-corrected chi connectivity index (χ4v) is 1.88. The summed E-state index contributed by atoms with van der Waals surface area (Å²) in [5.41, 5.74) is 0.205. The number of pyridine rings is 1. The van der Waals surface area contributed by atoms with Crippen molar-refractivity contribution in [2.75, 3.05) is 0 Å². The maximum absolute atomic E-state index is 11.7. The van der Waals surface area contributed by atoms with Gasteiger partial charge in [0.05, 0.1) is 11.6 Å². The molecule has 1 aromatic rings. The van der Waals surface area contributed by atoms with E-state index >= 15 is 0 Å². The van der Waals surface area contributed by atoms with Crippen LogP contribution >= 0.6 is 0 Å². The molecule has 2 amide bonds. The number of nitrogens with one attached hydrogen (secondary N) is 1. The number of nitrogens with zero attached hydrogens (tertiary/aromatic N) is 1. The smallest absolute Gasteiger partial charge is 0.235 e. The summed E-state index contributed by atoms with van der Waals surface area (Å²) in [5.74, 6) is -0.776. The van der Waals surface area contributed by atoms with Gasteiger partial charge in [-0.2, -0.15) is 0 Å². The number of rotatable bonds is 1. The van der Waals surface area contributed by atoms with Gasteiger partial charge in [0.2, 0.25) is 11.8 Å². The van der Waals surface area contributed by atoms with Gasteiger partial charge in [-0.3, -0.25) is 19.9 Å². The molecule has 16 heavy (non-hydrogen) atoms. The predicted molar refractivity (Wildman–Crippen MR) is 58.5 cm³/mol.